The van der Waals surface area contributed by atoms with Crippen molar-refractivity contribution in [3.63, 3.8) is 0 Å². The summed E-state index contributed by atoms with van der Waals surface area (Å²) in [5, 5.41) is 19.2. The molecule has 2 N–H and O–H groups in total. The van der Waals surface area contributed by atoms with Crippen molar-refractivity contribution < 1.29 is 15.0 Å². The van der Waals surface area contributed by atoms with E-state index in [-0.39, 0.29) is 6.04 Å². The molecule has 18 heavy (non-hydrogen) atoms. The summed E-state index contributed by atoms with van der Waals surface area (Å²) in [6.07, 6.45) is 6.90. The van der Waals surface area contributed by atoms with Crippen LogP contribution in [0.5, 0.6) is 0 Å². The minimum absolute atomic E-state index is 0.384. The van der Waals surface area contributed by atoms with Gasteiger partial charge in [-0.15, -0.1) is 0 Å². The van der Waals surface area contributed by atoms with Gasteiger partial charge in [0.2, 0.25) is 0 Å². The number of likely N-dealkylation sites (tertiary alicyclic amines) is 1. The molecule has 0 aromatic rings. The molecule has 0 aromatic carbocycles. The quantitative estimate of drug-likeness (QED) is 0.805. The maximum atomic E-state index is 11.4. The van der Waals surface area contributed by atoms with Gasteiger partial charge in [0.25, 0.3) is 0 Å². The van der Waals surface area contributed by atoms with E-state index < -0.39 is 12.1 Å². The zero-order chi connectivity index (χ0) is 13.1. The van der Waals surface area contributed by atoms with Gasteiger partial charge in [-0.3, -0.25) is 9.69 Å². The van der Waals surface area contributed by atoms with Crippen molar-refractivity contribution in [3.8, 4) is 0 Å². The maximum Gasteiger partial charge on any atom is 0.320 e. The normalized spacial score (nSPS) is 34.9. The van der Waals surface area contributed by atoms with E-state index in [0.29, 0.717) is 24.9 Å². The number of hydrogen-bond acceptors (Lipinski definition) is 3. The summed E-state index contributed by atoms with van der Waals surface area (Å²) in [6.45, 7) is 2.47. The zero-order valence-corrected chi connectivity index (χ0v) is 11.2. The maximum absolute atomic E-state index is 11.4. The van der Waals surface area contributed by atoms with Crippen LogP contribution in [0.2, 0.25) is 0 Å². The molecule has 2 rings (SSSR count). The second-order valence-electron chi connectivity index (χ2n) is 5.80. The molecule has 2 fully saturated rings. The van der Waals surface area contributed by atoms with Gasteiger partial charge in [-0.25, -0.2) is 0 Å². The highest BCUT2D eigenvalue weighted by molar-refractivity contribution is 5.73. The lowest BCUT2D eigenvalue weighted by atomic mass is 9.76. The molecule has 4 atom stereocenters. The molecule has 1 aliphatic carbocycles. The number of nitrogens with zero attached hydrogens (tertiary/aromatic N) is 1. The second-order valence-corrected chi connectivity index (χ2v) is 5.80. The first-order valence-corrected chi connectivity index (χ1v) is 7.30. The standard InChI is InChI=1S/C14H25NO3/c1-2-11(16)9-15-12-6-4-3-5-10(12)7-8-13(15)14(17)18/h10-13,16H,2-9H2,1H3,(H,17,18). The number of hydrogen-bond donors (Lipinski definition) is 2. The predicted molar refractivity (Wildman–Crippen MR) is 69.4 cm³/mol. The van der Waals surface area contributed by atoms with Crippen molar-refractivity contribution in [1.82, 2.24) is 4.90 Å². The van der Waals surface area contributed by atoms with Crippen LogP contribution in [-0.4, -0.2) is 45.8 Å². The summed E-state index contributed by atoms with van der Waals surface area (Å²) in [7, 11) is 0. The number of rotatable bonds is 4. The third-order valence-electron chi connectivity index (χ3n) is 4.68. The highest BCUT2D eigenvalue weighted by atomic mass is 16.4. The van der Waals surface area contributed by atoms with E-state index in [1.807, 2.05) is 6.92 Å². The average molecular weight is 255 g/mol. The Kier molecular flexibility index (Phi) is 4.62. The summed E-state index contributed by atoms with van der Waals surface area (Å²) in [4.78, 5) is 13.5. The van der Waals surface area contributed by atoms with Crippen molar-refractivity contribution in [2.75, 3.05) is 6.54 Å². The van der Waals surface area contributed by atoms with Gasteiger partial charge >= 0.3 is 5.97 Å². The van der Waals surface area contributed by atoms with Crippen LogP contribution in [0.3, 0.4) is 0 Å². The minimum atomic E-state index is -0.720. The lowest BCUT2D eigenvalue weighted by molar-refractivity contribution is -0.149. The third kappa shape index (κ3) is 2.86. The van der Waals surface area contributed by atoms with Gasteiger partial charge < -0.3 is 10.2 Å². The molecular weight excluding hydrogens is 230 g/mol. The number of β-amino-alcohol motifs (C(OH)–C–C–N with tert-alkyl or cyclic N) is 1. The van der Waals surface area contributed by atoms with Gasteiger partial charge in [-0.1, -0.05) is 19.8 Å². The Morgan fingerprint density at radius 2 is 2.00 bits per heavy atom. The SMILES string of the molecule is CCC(O)CN1C(C(=O)O)CCC2CCCCC21. The van der Waals surface area contributed by atoms with Crippen molar-refractivity contribution in [2.45, 2.75) is 70.1 Å². The summed E-state index contributed by atoms with van der Waals surface area (Å²) in [5.41, 5.74) is 0. The number of carbonyl (C=O) groups is 1. The zero-order valence-electron chi connectivity index (χ0n) is 11.2. The molecule has 1 saturated carbocycles. The van der Waals surface area contributed by atoms with Crippen LogP contribution in [0.15, 0.2) is 0 Å². The molecule has 0 bridgehead atoms. The summed E-state index contributed by atoms with van der Waals surface area (Å²) >= 11 is 0. The largest absolute Gasteiger partial charge is 0.480 e. The Balaban J connectivity index is 2.11. The van der Waals surface area contributed by atoms with Gasteiger partial charge in [0.15, 0.2) is 0 Å². The first-order chi connectivity index (χ1) is 8.63. The van der Waals surface area contributed by atoms with Crippen molar-refractivity contribution in [3.05, 3.63) is 0 Å². The Morgan fingerprint density at radius 3 is 2.67 bits per heavy atom. The topological polar surface area (TPSA) is 60.8 Å². The van der Waals surface area contributed by atoms with E-state index in [4.69, 9.17) is 0 Å². The van der Waals surface area contributed by atoms with Gasteiger partial charge in [0.1, 0.15) is 6.04 Å². The molecule has 104 valence electrons. The monoisotopic (exact) mass is 255 g/mol. The highest BCUT2D eigenvalue weighted by Gasteiger charge is 2.41. The van der Waals surface area contributed by atoms with Crippen LogP contribution in [0, 0.1) is 5.92 Å². The molecule has 0 amide bonds. The molecule has 4 unspecified atom stereocenters. The van der Waals surface area contributed by atoms with Crippen molar-refractivity contribution >= 4 is 5.97 Å². The van der Waals surface area contributed by atoms with Crippen LogP contribution < -0.4 is 0 Å². The van der Waals surface area contributed by atoms with Crippen LogP contribution in [0.4, 0.5) is 0 Å². The smallest absolute Gasteiger partial charge is 0.320 e. The van der Waals surface area contributed by atoms with E-state index in [1.54, 1.807) is 0 Å². The van der Waals surface area contributed by atoms with Crippen LogP contribution >= 0.6 is 0 Å². The van der Waals surface area contributed by atoms with Crippen LogP contribution in [-0.2, 0) is 4.79 Å². The summed E-state index contributed by atoms with van der Waals surface area (Å²) < 4.78 is 0. The van der Waals surface area contributed by atoms with E-state index in [0.717, 1.165) is 19.3 Å². The molecule has 0 radical (unpaired) electrons. The van der Waals surface area contributed by atoms with Crippen LogP contribution in [0.1, 0.15) is 51.9 Å². The fraction of sp³-hybridized carbons (Fsp3) is 0.929. The molecule has 4 heteroatoms. The fourth-order valence-corrected chi connectivity index (χ4v) is 3.63. The number of aliphatic hydroxyl groups excluding tert-OH is 1. The molecular formula is C14H25NO3. The molecule has 1 aliphatic heterocycles. The van der Waals surface area contributed by atoms with Gasteiger partial charge in [-0.2, -0.15) is 0 Å². The number of aliphatic carboxylic acids is 1. The molecule has 1 saturated heterocycles. The lowest BCUT2D eigenvalue weighted by Gasteiger charge is -2.47. The number of aliphatic hydroxyl groups is 1. The first-order valence-electron chi connectivity index (χ1n) is 7.30. The average Bonchev–Trinajstić information content (AvgIpc) is 2.38. The number of carboxylic acid groups (broad SMARTS) is 1. The van der Waals surface area contributed by atoms with Gasteiger partial charge in [0, 0.05) is 12.6 Å². The Bertz CT molecular complexity index is 295. The third-order valence-corrected chi connectivity index (χ3v) is 4.68. The van der Waals surface area contributed by atoms with Crippen molar-refractivity contribution in [1.29, 1.82) is 0 Å². The van der Waals surface area contributed by atoms with Crippen LogP contribution in [0.25, 0.3) is 0 Å². The van der Waals surface area contributed by atoms with E-state index in [2.05, 4.69) is 4.90 Å². The molecule has 0 spiro atoms. The number of carboxylic acids is 1. The highest BCUT2D eigenvalue weighted by Crippen LogP contribution is 2.38. The molecule has 2 aliphatic rings. The Hall–Kier alpha value is -0.610. The minimum Gasteiger partial charge on any atom is -0.480 e. The number of piperidine rings is 1. The Morgan fingerprint density at radius 1 is 1.28 bits per heavy atom. The molecule has 1 heterocycles. The molecule has 0 aromatic heterocycles. The second kappa shape index (κ2) is 6.02. The lowest BCUT2D eigenvalue weighted by Crippen LogP contribution is -2.56. The summed E-state index contributed by atoms with van der Waals surface area (Å²) in [5.74, 6) is -0.0688. The van der Waals surface area contributed by atoms with Gasteiger partial charge in [-0.05, 0) is 38.0 Å². The van der Waals surface area contributed by atoms with E-state index >= 15 is 0 Å². The predicted octanol–water partition coefficient (Wildman–Crippen LogP) is 1.87. The first kappa shape index (κ1) is 13.8. The van der Waals surface area contributed by atoms with E-state index in [1.165, 1.54) is 19.3 Å². The van der Waals surface area contributed by atoms with Crippen molar-refractivity contribution in [2.24, 2.45) is 5.92 Å². The van der Waals surface area contributed by atoms with Gasteiger partial charge in [0.05, 0.1) is 6.10 Å². The fourth-order valence-electron chi connectivity index (χ4n) is 3.63. The Labute approximate surface area is 109 Å². The molecule has 4 nitrogen and oxygen atoms in total. The number of fused-ring (bicyclic) bond motifs is 1. The van der Waals surface area contributed by atoms with E-state index in [9.17, 15) is 15.0 Å². The summed E-state index contributed by atoms with van der Waals surface area (Å²) in [6, 6.07) is 0.000324.